The number of carbonyl (C=O) groups excluding carboxylic acids is 1. The van der Waals surface area contributed by atoms with E-state index in [0.717, 1.165) is 38.2 Å². The number of rotatable bonds is 5. The van der Waals surface area contributed by atoms with Crippen LogP contribution in [0.2, 0.25) is 0 Å². The second-order valence-electron chi connectivity index (χ2n) is 10.6. The van der Waals surface area contributed by atoms with Gasteiger partial charge in [-0.1, -0.05) is 24.3 Å². The van der Waals surface area contributed by atoms with E-state index in [2.05, 4.69) is 71.3 Å². The predicted octanol–water partition coefficient (Wildman–Crippen LogP) is 4.78. The molecule has 7 nitrogen and oxygen atoms in total. The summed E-state index contributed by atoms with van der Waals surface area (Å²) in [4.78, 5) is 21.2. The van der Waals surface area contributed by atoms with Crippen LogP contribution in [0.1, 0.15) is 45.1 Å². The lowest BCUT2D eigenvalue weighted by molar-refractivity contribution is 0.162. The third-order valence-corrected chi connectivity index (χ3v) is 8.15. The molecule has 192 valence electrons. The van der Waals surface area contributed by atoms with Gasteiger partial charge in [-0.05, 0) is 75.9 Å². The third-order valence-electron chi connectivity index (χ3n) is 8.15. The molecule has 36 heavy (non-hydrogen) atoms. The number of nitrogens with zero attached hydrogens (tertiary/aromatic N) is 6. The van der Waals surface area contributed by atoms with Crippen molar-refractivity contribution in [2.45, 2.75) is 45.6 Å². The zero-order chi connectivity index (χ0) is 25.2. The van der Waals surface area contributed by atoms with Crippen LogP contribution >= 0.6 is 0 Å². The van der Waals surface area contributed by atoms with Crippen LogP contribution in [0, 0.1) is 0 Å². The van der Waals surface area contributed by atoms with Gasteiger partial charge in [-0.25, -0.2) is 9.31 Å². The van der Waals surface area contributed by atoms with Gasteiger partial charge in [0.25, 0.3) is 0 Å². The molecule has 0 bridgehead atoms. The zero-order valence-electron chi connectivity index (χ0n) is 22.2. The van der Waals surface area contributed by atoms with E-state index < -0.39 is 0 Å². The van der Waals surface area contributed by atoms with E-state index in [9.17, 15) is 4.79 Å². The SMILES string of the molecule is CCN(C)C(=O)N1CCN(c2ccnn3cc(-c4ccc(C5CCN(C(C)C)CC5)cc4)cc23)CC1. The highest BCUT2D eigenvalue weighted by Crippen LogP contribution is 2.32. The maximum absolute atomic E-state index is 12.5. The number of aromatic nitrogens is 2. The Morgan fingerprint density at radius 2 is 1.69 bits per heavy atom. The molecule has 2 aromatic heterocycles. The number of amides is 2. The molecule has 2 fully saturated rings. The maximum atomic E-state index is 12.5. The predicted molar refractivity (Wildman–Crippen MR) is 147 cm³/mol. The molecule has 0 radical (unpaired) electrons. The first kappa shape index (κ1) is 24.6. The minimum Gasteiger partial charge on any atom is -0.366 e. The average Bonchev–Trinajstić information content (AvgIpc) is 3.37. The summed E-state index contributed by atoms with van der Waals surface area (Å²) in [6.45, 7) is 12.9. The number of urea groups is 1. The standard InChI is InChI=1S/C29H40N6O/c1-5-31(4)29(36)34-18-16-33(17-19-34)27-10-13-30-35-21-26(20-28(27)35)24-8-6-23(7-9-24)25-11-14-32(15-12-25)22(2)3/h6-10,13,20-22,25H,5,11-12,14-19H2,1-4H3. The summed E-state index contributed by atoms with van der Waals surface area (Å²) in [6.07, 6.45) is 6.50. The van der Waals surface area contributed by atoms with Crippen LogP contribution in [0.15, 0.2) is 48.8 Å². The molecule has 0 aliphatic carbocycles. The lowest BCUT2D eigenvalue weighted by Gasteiger charge is -2.37. The normalized spacial score (nSPS) is 17.8. The minimum absolute atomic E-state index is 0.121. The lowest BCUT2D eigenvalue weighted by Crippen LogP contribution is -2.52. The highest BCUT2D eigenvalue weighted by molar-refractivity contribution is 5.80. The van der Waals surface area contributed by atoms with Gasteiger partial charge in [-0.2, -0.15) is 5.10 Å². The molecular weight excluding hydrogens is 448 g/mol. The first-order valence-corrected chi connectivity index (χ1v) is 13.5. The molecule has 2 amide bonds. The first-order chi connectivity index (χ1) is 17.4. The number of piperidine rings is 1. The van der Waals surface area contributed by atoms with Gasteiger partial charge in [0.1, 0.15) is 0 Å². The fourth-order valence-electron chi connectivity index (χ4n) is 5.64. The summed E-state index contributed by atoms with van der Waals surface area (Å²) in [5.41, 5.74) is 6.18. The molecule has 0 unspecified atom stereocenters. The van der Waals surface area contributed by atoms with Crippen LogP contribution in [0.25, 0.3) is 16.6 Å². The minimum atomic E-state index is 0.121. The Kier molecular flexibility index (Phi) is 7.19. The molecule has 1 aromatic carbocycles. The Hall–Kier alpha value is -3.06. The van der Waals surface area contributed by atoms with Crippen molar-refractivity contribution in [2.24, 2.45) is 0 Å². The number of piperazine rings is 1. The van der Waals surface area contributed by atoms with Gasteiger partial charge in [0.15, 0.2) is 0 Å². The molecule has 0 spiro atoms. The fourth-order valence-corrected chi connectivity index (χ4v) is 5.64. The van der Waals surface area contributed by atoms with Crippen molar-refractivity contribution in [3.8, 4) is 11.1 Å². The van der Waals surface area contributed by atoms with E-state index in [1.165, 1.54) is 48.3 Å². The van der Waals surface area contributed by atoms with Gasteiger partial charge in [0, 0.05) is 63.8 Å². The number of benzene rings is 1. The van der Waals surface area contributed by atoms with Crippen LogP contribution < -0.4 is 4.90 Å². The third kappa shape index (κ3) is 4.94. The van der Waals surface area contributed by atoms with E-state index in [0.29, 0.717) is 12.0 Å². The summed E-state index contributed by atoms with van der Waals surface area (Å²) in [5.74, 6) is 0.665. The van der Waals surface area contributed by atoms with Gasteiger partial charge >= 0.3 is 6.03 Å². The summed E-state index contributed by atoms with van der Waals surface area (Å²) in [6, 6.07) is 14.3. The van der Waals surface area contributed by atoms with E-state index in [-0.39, 0.29) is 6.03 Å². The van der Waals surface area contributed by atoms with Crippen LogP contribution in [0.3, 0.4) is 0 Å². The number of hydrogen-bond donors (Lipinski definition) is 0. The Bertz CT molecular complexity index is 1170. The van der Waals surface area contributed by atoms with Crippen LogP contribution in [0.4, 0.5) is 10.5 Å². The number of anilines is 1. The molecule has 0 N–H and O–H groups in total. The van der Waals surface area contributed by atoms with Crippen molar-refractivity contribution in [2.75, 3.05) is 57.8 Å². The van der Waals surface area contributed by atoms with E-state index in [4.69, 9.17) is 0 Å². The number of fused-ring (bicyclic) bond motifs is 1. The second kappa shape index (κ2) is 10.5. The van der Waals surface area contributed by atoms with Gasteiger partial charge < -0.3 is 19.6 Å². The topological polar surface area (TPSA) is 47.3 Å². The molecule has 2 saturated heterocycles. The fraction of sp³-hybridized carbons (Fsp3) is 0.517. The number of likely N-dealkylation sites (tertiary alicyclic amines) is 1. The van der Waals surface area contributed by atoms with E-state index in [1.54, 1.807) is 4.90 Å². The van der Waals surface area contributed by atoms with Gasteiger partial charge in [-0.3, -0.25) is 0 Å². The first-order valence-electron chi connectivity index (χ1n) is 13.5. The highest BCUT2D eigenvalue weighted by atomic mass is 16.2. The molecule has 3 aromatic rings. The van der Waals surface area contributed by atoms with Gasteiger partial charge in [0.05, 0.1) is 11.2 Å². The van der Waals surface area contributed by atoms with Crippen molar-refractivity contribution >= 4 is 17.2 Å². The Morgan fingerprint density at radius 3 is 2.33 bits per heavy atom. The van der Waals surface area contributed by atoms with Crippen LogP contribution in [0.5, 0.6) is 0 Å². The molecule has 0 atom stereocenters. The van der Waals surface area contributed by atoms with Crippen molar-refractivity contribution in [3.63, 3.8) is 0 Å². The van der Waals surface area contributed by atoms with E-state index in [1.807, 2.05) is 29.6 Å². The molecule has 4 heterocycles. The van der Waals surface area contributed by atoms with Crippen molar-refractivity contribution in [1.29, 1.82) is 0 Å². The molecule has 7 heteroatoms. The summed E-state index contributed by atoms with van der Waals surface area (Å²) < 4.78 is 1.99. The Balaban J connectivity index is 1.29. The van der Waals surface area contributed by atoms with E-state index >= 15 is 0 Å². The monoisotopic (exact) mass is 488 g/mol. The highest BCUT2D eigenvalue weighted by Gasteiger charge is 2.25. The maximum Gasteiger partial charge on any atom is 0.319 e. The zero-order valence-corrected chi connectivity index (χ0v) is 22.2. The van der Waals surface area contributed by atoms with Gasteiger partial charge in [-0.15, -0.1) is 0 Å². The quantitative estimate of drug-likeness (QED) is 0.519. The van der Waals surface area contributed by atoms with Crippen LogP contribution in [-0.2, 0) is 0 Å². The number of carbonyl (C=O) groups is 1. The molecule has 0 saturated carbocycles. The van der Waals surface area contributed by atoms with Crippen LogP contribution in [-0.4, -0.2) is 89.2 Å². The van der Waals surface area contributed by atoms with Crippen molar-refractivity contribution in [3.05, 3.63) is 54.4 Å². The van der Waals surface area contributed by atoms with Gasteiger partial charge in [0.2, 0.25) is 0 Å². The number of hydrogen-bond acceptors (Lipinski definition) is 4. The molecular formula is C29H40N6O. The Morgan fingerprint density at radius 1 is 1.00 bits per heavy atom. The van der Waals surface area contributed by atoms with Crippen molar-refractivity contribution < 1.29 is 4.79 Å². The lowest BCUT2D eigenvalue weighted by atomic mass is 9.88. The molecule has 5 rings (SSSR count). The smallest absolute Gasteiger partial charge is 0.319 e. The average molecular weight is 489 g/mol. The molecule has 2 aliphatic rings. The van der Waals surface area contributed by atoms with Crippen molar-refractivity contribution in [1.82, 2.24) is 24.3 Å². The summed E-state index contributed by atoms with van der Waals surface area (Å²) in [7, 11) is 1.87. The summed E-state index contributed by atoms with van der Waals surface area (Å²) in [5, 5.41) is 4.59. The second-order valence-corrected chi connectivity index (χ2v) is 10.6. The summed E-state index contributed by atoms with van der Waals surface area (Å²) >= 11 is 0. The molecule has 2 aliphatic heterocycles. The Labute approximate surface area is 215 Å². The largest absolute Gasteiger partial charge is 0.366 e.